The maximum atomic E-state index is 11.5. The van der Waals surface area contributed by atoms with Crippen LogP contribution in [0.3, 0.4) is 0 Å². The van der Waals surface area contributed by atoms with Gasteiger partial charge in [0.2, 0.25) is 0 Å². The fourth-order valence-electron chi connectivity index (χ4n) is 7.73. The predicted octanol–water partition coefficient (Wildman–Crippen LogP) is 1.36. The first-order chi connectivity index (χ1) is 29.6. The van der Waals surface area contributed by atoms with E-state index in [1.54, 1.807) is 12.1 Å². The number of nitrogens with one attached hydrogen (secondary N) is 2. The zero-order valence-electron chi connectivity index (χ0n) is 34.8. The number of hydrogen-bond donors (Lipinski definition) is 3. The van der Waals surface area contributed by atoms with Crippen molar-refractivity contribution in [3.63, 3.8) is 0 Å². The van der Waals surface area contributed by atoms with Crippen molar-refractivity contribution in [1.29, 1.82) is 0 Å². The normalized spacial score (nSPS) is 11.2. The minimum atomic E-state index is -1.01. The number of fused-ring (bicyclic) bond motifs is 20. The first kappa shape index (κ1) is 47.5. The van der Waals surface area contributed by atoms with Crippen LogP contribution in [0.2, 0.25) is 0 Å². The van der Waals surface area contributed by atoms with E-state index in [1.807, 2.05) is 103 Å². The molecule has 3 N–H and O–H groups in total. The van der Waals surface area contributed by atoms with Crippen molar-refractivity contribution in [2.45, 2.75) is 0 Å². The van der Waals surface area contributed by atoms with Crippen LogP contribution in [0.1, 0.15) is 10.4 Å². The minimum Gasteiger partial charge on any atom is -1.00 e. The van der Waals surface area contributed by atoms with Crippen molar-refractivity contribution in [3.8, 4) is 68.5 Å². The summed E-state index contributed by atoms with van der Waals surface area (Å²) >= 11 is 0. The predicted molar refractivity (Wildman–Crippen MR) is 236 cm³/mol. The Kier molecular flexibility index (Phi) is 13.7. The number of rotatable bonds is 6. The molecule has 2 aliphatic heterocycles. The number of carbonyl (C=O) groups is 1. The van der Waals surface area contributed by atoms with E-state index >= 15 is 0 Å². The molecular weight excluding hydrogens is 1210 g/mol. The van der Waals surface area contributed by atoms with E-state index in [9.17, 15) is 9.90 Å². The van der Waals surface area contributed by atoms with Crippen molar-refractivity contribution in [1.82, 2.24) is 44.4 Å². The van der Waals surface area contributed by atoms with Crippen molar-refractivity contribution < 1.29 is 111 Å². The monoisotopic (exact) mass is 1240 g/mol. The average Bonchev–Trinajstić information content (AvgIpc) is 3.99. The summed E-state index contributed by atoms with van der Waals surface area (Å²) in [5, 5.41) is 12.6. The molecule has 0 saturated carbocycles. The van der Waals surface area contributed by atoms with Gasteiger partial charge in [0.15, 0.2) is 23.3 Å². The smallest absolute Gasteiger partial charge is 1.00 e. The fraction of sp³-hybridized carbons (Fsp3) is 0.0625. The standard InChI is InChI=1S/C48H33N9O4.3HI.Zn/c1-57(2,3)27-10-8-11-29(24-27)61-38-17-9-16-36-39(38)47-55-44-35-23-22-30(60-28-20-18-26(19-21-28)48(58)59)25-37(35)46(54-44)53-43-34-15-7-5-13-32(34)41(51-43)49-40-31-12-4-6-14-33(31)42(50-40)52-45(36)56-47;;;;/h4-25H,1-3H3,(H2-,49,50,51,52,53,54,55,56,58,59);3*1H;/q;;;;+2/p-2. The number of quaternary nitrogens is 1. The molecule has 0 unspecified atom stereocenters. The molecule has 6 aromatic carbocycles. The molecule has 0 saturated heterocycles. The number of H-pyrrole nitrogens is 2. The number of aromatic carboxylic acids is 1. The van der Waals surface area contributed by atoms with Gasteiger partial charge in [-0.3, -0.25) is 4.48 Å². The van der Waals surface area contributed by atoms with Crippen molar-refractivity contribution in [2.24, 2.45) is 0 Å². The molecule has 5 heterocycles. The van der Waals surface area contributed by atoms with Crippen LogP contribution in [0.4, 0.5) is 5.69 Å². The van der Waals surface area contributed by atoms with Crippen LogP contribution in [0.15, 0.2) is 133 Å². The van der Waals surface area contributed by atoms with Crippen LogP contribution in [-0.4, -0.2) is 72.1 Å². The Morgan fingerprint density at radius 2 is 0.985 bits per heavy atom. The summed E-state index contributed by atoms with van der Waals surface area (Å²) in [6.07, 6.45) is 0. The van der Waals surface area contributed by atoms with E-state index in [-0.39, 0.29) is 97.0 Å². The topological polar surface area (TPSA) is 165 Å². The molecule has 8 bridgehead atoms. The first-order valence-corrected chi connectivity index (χ1v) is 19.5. The second-order valence-electron chi connectivity index (χ2n) is 15.6. The van der Waals surface area contributed by atoms with Gasteiger partial charge in [0.05, 0.1) is 32.3 Å². The molecule has 3 aromatic heterocycles. The van der Waals surface area contributed by atoms with Crippen LogP contribution < -0.4 is 85.9 Å². The molecule has 0 fully saturated rings. The molecule has 0 amide bonds. The number of aromatic amines is 2. The van der Waals surface area contributed by atoms with Gasteiger partial charge in [0.1, 0.15) is 51.3 Å². The summed E-state index contributed by atoms with van der Waals surface area (Å²) in [4.78, 5) is 49.2. The number of aromatic nitrogens is 8. The van der Waals surface area contributed by atoms with Gasteiger partial charge in [0.25, 0.3) is 0 Å². The van der Waals surface area contributed by atoms with E-state index < -0.39 is 5.97 Å². The van der Waals surface area contributed by atoms with Crippen molar-refractivity contribution in [2.75, 3.05) is 21.1 Å². The molecule has 0 aliphatic carbocycles. The van der Waals surface area contributed by atoms with Gasteiger partial charge in [-0.2, -0.15) is 0 Å². The largest absolute Gasteiger partial charge is 2.00 e. The van der Waals surface area contributed by atoms with Gasteiger partial charge < -0.3 is 96.5 Å². The Hall–Kier alpha value is -5.48. The van der Waals surface area contributed by atoms with E-state index in [0.29, 0.717) is 84.3 Å². The van der Waals surface area contributed by atoms with E-state index in [0.717, 1.165) is 38.5 Å². The summed E-state index contributed by atoms with van der Waals surface area (Å²) in [7, 11) is 6.33. The van der Waals surface area contributed by atoms with Crippen molar-refractivity contribution in [3.05, 3.63) is 139 Å². The summed E-state index contributed by atoms with van der Waals surface area (Å²) < 4.78 is 13.5. The summed E-state index contributed by atoms with van der Waals surface area (Å²) in [5.41, 5.74) is 6.52. The number of ether oxygens (including phenoxy) is 2. The number of benzene rings is 6. The second-order valence-corrected chi connectivity index (χ2v) is 15.6. The molecule has 65 heavy (non-hydrogen) atoms. The quantitative estimate of drug-likeness (QED) is 0.126. The van der Waals surface area contributed by atoms with E-state index in [4.69, 9.17) is 39.4 Å². The number of hydrogen-bond acceptors (Lipinski definition) is 9. The zero-order valence-corrected chi connectivity index (χ0v) is 44.3. The third kappa shape index (κ3) is 8.83. The molecule has 0 atom stereocenters. The van der Waals surface area contributed by atoms with Gasteiger partial charge in [-0.25, -0.2) is 34.7 Å². The number of nitrogens with zero attached hydrogens (tertiary/aromatic N) is 7. The summed E-state index contributed by atoms with van der Waals surface area (Å²) in [5.74, 6) is 3.05. The fourth-order valence-corrected chi connectivity index (χ4v) is 7.73. The Bertz CT molecular complexity index is 3490. The summed E-state index contributed by atoms with van der Waals surface area (Å²) in [6, 6.07) is 41.6. The maximum absolute atomic E-state index is 11.5. The SMILES string of the molecule is C[N+](C)(C)c1cccc(Oc2cccc3c2-c2nc-3nc3[nH]c(nc4nc(nc5[nH]c(n2)c2ccc(Oc6ccc(C(=O)O)cc6)cc52)-c2ccccc2-4)c2ccccc32)c1.[I-].[I-].[I-].[Zn+2]. The van der Waals surface area contributed by atoms with Crippen LogP contribution in [0.5, 0.6) is 23.0 Å². The third-order valence-electron chi connectivity index (χ3n) is 10.8. The Morgan fingerprint density at radius 3 is 1.60 bits per heavy atom. The number of carboxylic acid groups (broad SMARTS) is 1. The number of carboxylic acids is 1. The molecule has 13 nitrogen and oxygen atoms in total. The average molecular weight is 1250 g/mol. The summed E-state index contributed by atoms with van der Waals surface area (Å²) in [6.45, 7) is 0. The maximum Gasteiger partial charge on any atom is 2.00 e. The Labute approximate surface area is 435 Å². The molecule has 2 aliphatic rings. The van der Waals surface area contributed by atoms with Gasteiger partial charge in [-0.15, -0.1) is 0 Å². The molecule has 11 rings (SSSR count). The van der Waals surface area contributed by atoms with Gasteiger partial charge in [-0.1, -0.05) is 66.7 Å². The molecule has 9 aromatic rings. The minimum absolute atomic E-state index is 0. The van der Waals surface area contributed by atoms with Crippen LogP contribution in [-0.2, 0) is 19.5 Å². The third-order valence-corrected chi connectivity index (χ3v) is 10.8. The Balaban J connectivity index is 0.00000158. The molecular formula is C48H34I3N9O4Zn. The molecule has 0 radical (unpaired) electrons. The van der Waals surface area contributed by atoms with Gasteiger partial charge in [0, 0.05) is 44.3 Å². The molecule has 0 spiro atoms. The zero-order chi connectivity index (χ0) is 41.4. The number of halogens is 3. The Morgan fingerprint density at radius 1 is 0.492 bits per heavy atom. The van der Waals surface area contributed by atoms with Crippen LogP contribution >= 0.6 is 0 Å². The van der Waals surface area contributed by atoms with E-state index in [1.165, 1.54) is 12.1 Å². The first-order valence-electron chi connectivity index (χ1n) is 19.5. The molecule has 318 valence electrons. The van der Waals surface area contributed by atoms with Crippen LogP contribution in [0.25, 0.3) is 89.7 Å². The van der Waals surface area contributed by atoms with Crippen LogP contribution in [0, 0.1) is 0 Å². The van der Waals surface area contributed by atoms with Gasteiger partial charge >= 0.3 is 25.4 Å². The second kappa shape index (κ2) is 18.8. The van der Waals surface area contributed by atoms with Crippen molar-refractivity contribution >= 4 is 55.8 Å². The molecule has 17 heteroatoms. The van der Waals surface area contributed by atoms with Gasteiger partial charge in [-0.05, 0) is 60.7 Å². The van der Waals surface area contributed by atoms with E-state index in [2.05, 4.69) is 37.2 Å².